The van der Waals surface area contributed by atoms with Crippen molar-refractivity contribution in [2.24, 2.45) is 0 Å². The van der Waals surface area contributed by atoms with Crippen LogP contribution >= 0.6 is 0 Å². The van der Waals surface area contributed by atoms with Crippen LogP contribution in [-0.2, 0) is 0 Å². The Morgan fingerprint density at radius 1 is 1.80 bits per heavy atom. The van der Waals surface area contributed by atoms with Crippen molar-refractivity contribution in [3.05, 3.63) is 36.8 Å². The van der Waals surface area contributed by atoms with Crippen LogP contribution in [0.25, 0.3) is 0 Å². The number of nitrogens with one attached hydrogen (secondary N) is 1. The molecule has 0 aromatic rings. The third-order valence-electron chi connectivity index (χ3n) is 0.921. The predicted molar refractivity (Wildman–Crippen MR) is 44.3 cm³/mol. The summed E-state index contributed by atoms with van der Waals surface area (Å²) in [6.07, 6.45) is 5.17. The lowest BCUT2D eigenvalue weighted by Gasteiger charge is -2.00. The zero-order chi connectivity index (χ0) is 7.82. The van der Waals surface area contributed by atoms with Crippen LogP contribution in [0.2, 0.25) is 0 Å². The molecule has 0 fully saturated rings. The molecule has 1 nitrogen and oxygen atoms in total. The van der Waals surface area contributed by atoms with Gasteiger partial charge in [-0.3, -0.25) is 0 Å². The molecule has 2 heteroatoms. The van der Waals surface area contributed by atoms with Crippen LogP contribution in [0.4, 0.5) is 4.39 Å². The number of rotatable bonds is 4. The third kappa shape index (κ3) is 3.89. The normalized spacial score (nSPS) is 12.0. The van der Waals surface area contributed by atoms with Gasteiger partial charge in [0.1, 0.15) is 0 Å². The zero-order valence-electron chi connectivity index (χ0n) is 6.10. The molecular weight excluding hydrogens is 129 g/mol. The van der Waals surface area contributed by atoms with Gasteiger partial charge < -0.3 is 5.32 Å². The number of likely N-dealkylation sites (N-methyl/N-ethyl adjacent to an activating group) is 1. The van der Waals surface area contributed by atoms with Gasteiger partial charge in [-0.15, -0.1) is 0 Å². The highest BCUT2D eigenvalue weighted by Crippen LogP contribution is 1.91. The highest BCUT2D eigenvalue weighted by Gasteiger charge is 1.83. The smallest absolute Gasteiger partial charge is 0.0887 e. The topological polar surface area (TPSA) is 12.0 Å². The summed E-state index contributed by atoms with van der Waals surface area (Å²) in [6.45, 7) is 6.22. The lowest BCUT2D eigenvalue weighted by Crippen LogP contribution is -2.09. The summed E-state index contributed by atoms with van der Waals surface area (Å²) in [5.41, 5.74) is 0.736. The van der Waals surface area contributed by atoms with Crippen LogP contribution in [0.5, 0.6) is 0 Å². The summed E-state index contributed by atoms with van der Waals surface area (Å²) in [5, 5.41) is 2.95. The molecule has 0 amide bonds. The first kappa shape index (κ1) is 8.95. The highest BCUT2D eigenvalue weighted by molar-refractivity contribution is 5.19. The number of halogens is 1. The van der Waals surface area contributed by atoms with Crippen molar-refractivity contribution in [2.45, 2.75) is 6.92 Å². The van der Waals surface area contributed by atoms with E-state index in [-0.39, 0.29) is 1.43 Å². The molecule has 0 aromatic carbocycles. The van der Waals surface area contributed by atoms with E-state index in [4.69, 9.17) is 0 Å². The molecule has 0 heterocycles. The van der Waals surface area contributed by atoms with Crippen molar-refractivity contribution < 1.29 is 5.82 Å². The van der Waals surface area contributed by atoms with E-state index in [9.17, 15) is 4.39 Å². The van der Waals surface area contributed by atoms with E-state index in [0.717, 1.165) is 12.2 Å². The lowest BCUT2D eigenvalue weighted by molar-refractivity contribution is 0.716. The molecule has 10 heavy (non-hydrogen) atoms. The van der Waals surface area contributed by atoms with Gasteiger partial charge in [0.15, 0.2) is 0 Å². The van der Waals surface area contributed by atoms with Gasteiger partial charge in [0.2, 0.25) is 0 Å². The summed E-state index contributed by atoms with van der Waals surface area (Å²) < 4.78 is 11.6. The van der Waals surface area contributed by atoms with Gasteiger partial charge in [-0.05, 0) is 19.1 Å². The van der Waals surface area contributed by atoms with Gasteiger partial charge in [0.25, 0.3) is 0 Å². The summed E-state index contributed by atoms with van der Waals surface area (Å²) in [4.78, 5) is 0. The van der Waals surface area contributed by atoms with Crippen LogP contribution in [-0.4, -0.2) is 6.54 Å². The van der Waals surface area contributed by atoms with Gasteiger partial charge in [-0.2, -0.15) is 0 Å². The minimum absolute atomic E-state index is 0. The van der Waals surface area contributed by atoms with Crippen molar-refractivity contribution in [1.29, 1.82) is 0 Å². The first-order chi connectivity index (χ1) is 4.85. The maximum atomic E-state index is 11.6. The predicted octanol–water partition coefficient (Wildman–Crippen LogP) is 2.40. The average Bonchev–Trinajstić information content (AvgIpc) is 1.90. The monoisotopic (exact) mass is 143 g/mol. The quantitative estimate of drug-likeness (QED) is 0.596. The Kier molecular flexibility index (Phi) is 5.44. The number of hydrogen-bond acceptors (Lipinski definition) is 1. The Morgan fingerprint density at radius 2 is 2.50 bits per heavy atom. The molecular formula is C8H14FN. The van der Waals surface area contributed by atoms with E-state index in [0.29, 0.717) is 6.33 Å². The lowest BCUT2D eigenvalue weighted by atomic mass is 10.4. The molecule has 0 unspecified atom stereocenters. The van der Waals surface area contributed by atoms with Gasteiger partial charge in [0.05, 0.1) is 6.33 Å². The molecule has 0 aliphatic heterocycles. The Balaban J connectivity index is 0. The van der Waals surface area contributed by atoms with Crippen LogP contribution in [0, 0.1) is 0 Å². The van der Waals surface area contributed by atoms with E-state index < -0.39 is 0 Å². The average molecular weight is 143 g/mol. The summed E-state index contributed by atoms with van der Waals surface area (Å²) in [7, 11) is 0. The van der Waals surface area contributed by atoms with Crippen molar-refractivity contribution >= 4 is 0 Å². The maximum Gasteiger partial charge on any atom is 0.0887 e. The number of hydrogen-bond donors (Lipinski definition) is 1. The van der Waals surface area contributed by atoms with E-state index in [1.54, 1.807) is 12.2 Å². The van der Waals surface area contributed by atoms with E-state index in [1.165, 1.54) is 6.08 Å². The molecule has 58 valence electrons. The second-order valence-corrected chi connectivity index (χ2v) is 1.68. The van der Waals surface area contributed by atoms with Crippen molar-refractivity contribution in [2.75, 3.05) is 6.54 Å². The molecule has 0 spiro atoms. The fourth-order valence-corrected chi connectivity index (χ4v) is 0.572. The molecule has 1 N–H and O–H groups in total. The van der Waals surface area contributed by atoms with Crippen molar-refractivity contribution in [3.8, 4) is 0 Å². The molecule has 0 aliphatic carbocycles. The number of allylic oxidation sites excluding steroid dienone is 3. The van der Waals surface area contributed by atoms with Gasteiger partial charge >= 0.3 is 0 Å². The fraction of sp³-hybridized carbons (Fsp3) is 0.250. The van der Waals surface area contributed by atoms with Gasteiger partial charge in [-0.1, -0.05) is 12.7 Å². The zero-order valence-corrected chi connectivity index (χ0v) is 6.10. The molecule has 0 aliphatic rings. The Morgan fingerprint density at radius 3 is 2.90 bits per heavy atom. The molecule has 0 bridgehead atoms. The van der Waals surface area contributed by atoms with E-state index >= 15 is 0 Å². The Hall–Kier alpha value is -1.05. The van der Waals surface area contributed by atoms with Gasteiger partial charge in [0, 0.05) is 13.7 Å². The first-order valence-corrected chi connectivity index (χ1v) is 3.18. The highest BCUT2D eigenvalue weighted by atomic mass is 19.1. The van der Waals surface area contributed by atoms with Gasteiger partial charge in [-0.25, -0.2) is 4.39 Å². The Bertz CT molecular complexity index is 152. The standard InChI is InChI=1S/C8H12FN.H2/c1-3-5-8(6-7-9)10-4-2;/h3,5-7,10H,1,4H2,2H3;1H/b7-6+,8-5+;. The molecule has 0 aromatic heterocycles. The second kappa shape index (κ2) is 6.08. The van der Waals surface area contributed by atoms with E-state index in [1.807, 2.05) is 6.92 Å². The van der Waals surface area contributed by atoms with Crippen LogP contribution in [0.15, 0.2) is 36.8 Å². The molecule has 0 atom stereocenters. The summed E-state index contributed by atoms with van der Waals surface area (Å²) in [5.74, 6) is 0. The molecule has 0 saturated heterocycles. The van der Waals surface area contributed by atoms with Crippen molar-refractivity contribution in [1.82, 2.24) is 5.32 Å². The molecule has 0 rings (SSSR count). The molecule has 0 radical (unpaired) electrons. The minimum Gasteiger partial charge on any atom is -0.385 e. The summed E-state index contributed by atoms with van der Waals surface area (Å²) >= 11 is 0. The molecule has 0 saturated carbocycles. The second-order valence-electron chi connectivity index (χ2n) is 1.68. The van der Waals surface area contributed by atoms with Crippen LogP contribution in [0.1, 0.15) is 8.35 Å². The van der Waals surface area contributed by atoms with Crippen LogP contribution in [0.3, 0.4) is 0 Å². The summed E-state index contributed by atoms with van der Waals surface area (Å²) in [6, 6.07) is 0. The van der Waals surface area contributed by atoms with Crippen molar-refractivity contribution in [3.63, 3.8) is 0 Å². The third-order valence-corrected chi connectivity index (χ3v) is 0.921. The minimum atomic E-state index is 0. The maximum absolute atomic E-state index is 11.6. The van der Waals surface area contributed by atoms with E-state index in [2.05, 4.69) is 11.9 Å². The fourth-order valence-electron chi connectivity index (χ4n) is 0.572. The first-order valence-electron chi connectivity index (χ1n) is 3.18. The Labute approximate surface area is 62.4 Å². The largest absolute Gasteiger partial charge is 0.385 e. The SMILES string of the molecule is C=C/C=C(\C=C\F)NCC.[HH]. The van der Waals surface area contributed by atoms with Crippen LogP contribution < -0.4 is 5.32 Å².